The summed E-state index contributed by atoms with van der Waals surface area (Å²) in [5, 5.41) is 2.76. The molecule has 1 amide bonds. The van der Waals surface area contributed by atoms with E-state index in [0.717, 1.165) is 16.2 Å². The summed E-state index contributed by atoms with van der Waals surface area (Å²) in [6.07, 6.45) is 1.01. The molecule has 132 valence electrons. The second kappa shape index (κ2) is 9.13. The zero-order valence-corrected chi connectivity index (χ0v) is 15.3. The number of thioether (sulfide) groups is 1. The Morgan fingerprint density at radius 2 is 1.80 bits per heavy atom. The van der Waals surface area contributed by atoms with E-state index < -0.39 is 12.1 Å². The summed E-state index contributed by atoms with van der Waals surface area (Å²) in [6.45, 7) is 1.91. The second-order valence-electron chi connectivity index (χ2n) is 5.31. The number of rotatable bonds is 7. The lowest BCUT2D eigenvalue weighted by Gasteiger charge is -2.14. The van der Waals surface area contributed by atoms with E-state index in [-0.39, 0.29) is 5.91 Å². The van der Waals surface area contributed by atoms with Crippen LogP contribution in [-0.2, 0) is 16.1 Å². The summed E-state index contributed by atoms with van der Waals surface area (Å²) in [7, 11) is 1.60. The summed E-state index contributed by atoms with van der Waals surface area (Å²) in [5.41, 5.74) is 1.39. The molecule has 2 rings (SSSR count). The van der Waals surface area contributed by atoms with Gasteiger partial charge in [-0.25, -0.2) is 4.79 Å². The van der Waals surface area contributed by atoms with E-state index in [2.05, 4.69) is 5.32 Å². The van der Waals surface area contributed by atoms with Crippen LogP contribution in [0.3, 0.4) is 0 Å². The molecular weight excluding hydrogens is 338 g/mol. The van der Waals surface area contributed by atoms with Gasteiger partial charge in [-0.15, -0.1) is 11.8 Å². The van der Waals surface area contributed by atoms with Crippen molar-refractivity contribution in [1.82, 2.24) is 5.32 Å². The van der Waals surface area contributed by atoms with Crippen LogP contribution in [0, 0.1) is 0 Å². The van der Waals surface area contributed by atoms with Crippen LogP contribution >= 0.6 is 11.8 Å². The highest BCUT2D eigenvalue weighted by molar-refractivity contribution is 7.98. The number of ether oxygens (including phenoxy) is 2. The van der Waals surface area contributed by atoms with E-state index in [0.29, 0.717) is 12.1 Å². The van der Waals surface area contributed by atoms with E-state index in [9.17, 15) is 9.59 Å². The lowest BCUT2D eigenvalue weighted by Crippen LogP contribution is -2.35. The molecule has 0 aliphatic heterocycles. The van der Waals surface area contributed by atoms with Crippen LogP contribution in [0.25, 0.3) is 0 Å². The normalized spacial score (nSPS) is 11.5. The van der Waals surface area contributed by atoms with Gasteiger partial charge in [-0.1, -0.05) is 24.3 Å². The van der Waals surface area contributed by atoms with Crippen molar-refractivity contribution in [3.8, 4) is 5.75 Å². The number of carbonyl (C=O) groups is 2. The Hall–Kier alpha value is -2.47. The van der Waals surface area contributed by atoms with Crippen molar-refractivity contribution < 1.29 is 19.1 Å². The van der Waals surface area contributed by atoms with Gasteiger partial charge in [-0.3, -0.25) is 4.79 Å². The molecule has 5 nitrogen and oxygen atoms in total. The van der Waals surface area contributed by atoms with Crippen molar-refractivity contribution in [2.24, 2.45) is 0 Å². The molecule has 2 aromatic carbocycles. The molecule has 0 heterocycles. The molecule has 1 N–H and O–H groups in total. The van der Waals surface area contributed by atoms with Crippen LogP contribution in [0.15, 0.2) is 53.4 Å². The number of benzene rings is 2. The Labute approximate surface area is 151 Å². The van der Waals surface area contributed by atoms with Gasteiger partial charge in [0.2, 0.25) is 0 Å². The fourth-order valence-electron chi connectivity index (χ4n) is 2.17. The molecule has 25 heavy (non-hydrogen) atoms. The quantitative estimate of drug-likeness (QED) is 0.607. The third-order valence-electron chi connectivity index (χ3n) is 3.61. The number of esters is 1. The first-order valence-electron chi connectivity index (χ1n) is 7.79. The van der Waals surface area contributed by atoms with Crippen molar-refractivity contribution in [3.05, 3.63) is 59.7 Å². The molecule has 0 spiro atoms. The number of methoxy groups -OCH3 is 1. The molecule has 0 aromatic heterocycles. The summed E-state index contributed by atoms with van der Waals surface area (Å²) in [4.78, 5) is 25.2. The highest BCUT2D eigenvalue weighted by Crippen LogP contribution is 2.21. The molecule has 0 unspecified atom stereocenters. The first-order valence-corrected chi connectivity index (χ1v) is 9.02. The predicted molar refractivity (Wildman–Crippen MR) is 97.9 cm³/mol. The minimum Gasteiger partial charge on any atom is -0.497 e. The third-order valence-corrected chi connectivity index (χ3v) is 4.40. The molecular formula is C19H21NO4S. The minimum absolute atomic E-state index is 0.342. The number of hydrogen-bond donors (Lipinski definition) is 1. The van der Waals surface area contributed by atoms with Crippen molar-refractivity contribution in [2.45, 2.75) is 24.5 Å². The topological polar surface area (TPSA) is 64.6 Å². The Morgan fingerprint density at radius 3 is 2.44 bits per heavy atom. The Balaban J connectivity index is 1.89. The van der Waals surface area contributed by atoms with Crippen molar-refractivity contribution in [1.29, 1.82) is 0 Å². The smallest absolute Gasteiger partial charge is 0.340 e. The number of carbonyl (C=O) groups excluding carboxylic acids is 2. The van der Waals surface area contributed by atoms with E-state index in [1.807, 2.05) is 42.7 Å². The first-order chi connectivity index (χ1) is 12.0. The maximum absolute atomic E-state index is 12.3. The molecule has 0 fully saturated rings. The molecule has 6 heteroatoms. The van der Waals surface area contributed by atoms with Gasteiger partial charge in [-0.05, 0) is 43.0 Å². The average molecular weight is 359 g/mol. The van der Waals surface area contributed by atoms with Crippen molar-refractivity contribution in [2.75, 3.05) is 13.4 Å². The molecule has 0 aliphatic carbocycles. The van der Waals surface area contributed by atoms with Crippen molar-refractivity contribution >= 4 is 23.6 Å². The zero-order valence-electron chi connectivity index (χ0n) is 14.4. The lowest BCUT2D eigenvalue weighted by atomic mass is 10.2. The highest BCUT2D eigenvalue weighted by atomic mass is 32.2. The molecule has 0 bridgehead atoms. The van der Waals surface area contributed by atoms with Crippen LogP contribution in [0.4, 0.5) is 0 Å². The largest absolute Gasteiger partial charge is 0.497 e. The van der Waals surface area contributed by atoms with Gasteiger partial charge >= 0.3 is 5.97 Å². The van der Waals surface area contributed by atoms with Crippen LogP contribution in [0.2, 0.25) is 0 Å². The second-order valence-corrected chi connectivity index (χ2v) is 6.16. The average Bonchev–Trinajstić information content (AvgIpc) is 2.66. The van der Waals surface area contributed by atoms with Crippen LogP contribution in [-0.4, -0.2) is 31.3 Å². The summed E-state index contributed by atoms with van der Waals surface area (Å²) in [6, 6.07) is 14.5. The third kappa shape index (κ3) is 5.26. The standard InChI is InChI=1S/C19H21NO4S/c1-13(24-19(22)16-6-4-5-7-17(16)25-3)18(21)20-12-14-8-10-15(23-2)11-9-14/h4-11,13H,12H2,1-3H3,(H,20,21)/t13-/m0/s1. The van der Waals surface area contributed by atoms with E-state index >= 15 is 0 Å². The SMILES string of the molecule is COc1ccc(CNC(=O)[C@H](C)OC(=O)c2ccccc2SC)cc1. The van der Waals surface area contributed by atoms with Gasteiger partial charge in [0.1, 0.15) is 5.75 Å². The summed E-state index contributed by atoms with van der Waals surface area (Å²) < 4.78 is 10.4. The molecule has 0 saturated heterocycles. The van der Waals surface area contributed by atoms with Crippen molar-refractivity contribution in [3.63, 3.8) is 0 Å². The van der Waals surface area contributed by atoms with Gasteiger partial charge in [0.15, 0.2) is 6.10 Å². The van der Waals surface area contributed by atoms with E-state index in [4.69, 9.17) is 9.47 Å². The van der Waals surface area contributed by atoms with E-state index in [1.165, 1.54) is 11.8 Å². The molecule has 0 radical (unpaired) electrons. The van der Waals surface area contributed by atoms with Gasteiger partial charge < -0.3 is 14.8 Å². The maximum Gasteiger partial charge on any atom is 0.340 e. The fourth-order valence-corrected chi connectivity index (χ4v) is 2.75. The molecule has 2 aromatic rings. The monoisotopic (exact) mass is 359 g/mol. The first kappa shape index (κ1) is 18.9. The number of hydrogen-bond acceptors (Lipinski definition) is 5. The Morgan fingerprint density at radius 1 is 1.12 bits per heavy atom. The van der Waals surface area contributed by atoms with Gasteiger partial charge in [0, 0.05) is 11.4 Å². The Kier molecular flexibility index (Phi) is 6.89. The maximum atomic E-state index is 12.3. The number of amides is 1. The van der Waals surface area contributed by atoms with Gasteiger partial charge in [0.05, 0.1) is 12.7 Å². The lowest BCUT2D eigenvalue weighted by molar-refractivity contribution is -0.129. The van der Waals surface area contributed by atoms with Crippen LogP contribution in [0.5, 0.6) is 5.75 Å². The molecule has 0 saturated carbocycles. The summed E-state index contributed by atoms with van der Waals surface area (Å²) >= 11 is 1.46. The predicted octanol–water partition coefficient (Wildman–Crippen LogP) is 3.28. The Bertz CT molecular complexity index is 730. The van der Waals surface area contributed by atoms with Crippen LogP contribution < -0.4 is 10.1 Å². The highest BCUT2D eigenvalue weighted by Gasteiger charge is 2.20. The van der Waals surface area contributed by atoms with Crippen LogP contribution in [0.1, 0.15) is 22.8 Å². The van der Waals surface area contributed by atoms with E-state index in [1.54, 1.807) is 26.2 Å². The van der Waals surface area contributed by atoms with Gasteiger partial charge in [-0.2, -0.15) is 0 Å². The zero-order chi connectivity index (χ0) is 18.2. The number of nitrogens with one attached hydrogen (secondary N) is 1. The molecule has 1 atom stereocenters. The minimum atomic E-state index is -0.874. The fraction of sp³-hybridized carbons (Fsp3) is 0.263. The summed E-state index contributed by atoms with van der Waals surface area (Å²) in [5.74, 6) is -0.0901. The molecule has 0 aliphatic rings. The van der Waals surface area contributed by atoms with Gasteiger partial charge in [0.25, 0.3) is 5.91 Å².